The standard InChI is InChI=1S/C23H43NO5/c1-3-5-6-13-21(26)14-9-11-19(17-22(27)18-25)10-7-8-12-20(24-4-2)15-16-23(28)29/h9,11,14,20-22,24-27H,3-8,10,12-13,15-18H2,1-2H3,(H,28,29). The predicted octanol–water partition coefficient (Wildman–Crippen LogP) is 3.56. The van der Waals surface area contributed by atoms with Crippen molar-refractivity contribution in [2.24, 2.45) is 0 Å². The minimum absolute atomic E-state index is 0.177. The molecule has 0 rings (SSSR count). The molecule has 0 fully saturated rings. The Hall–Kier alpha value is -1.21. The third-order valence-electron chi connectivity index (χ3n) is 4.98. The van der Waals surface area contributed by atoms with Gasteiger partial charge in [0.05, 0.1) is 18.8 Å². The molecular weight excluding hydrogens is 370 g/mol. The lowest BCUT2D eigenvalue weighted by Gasteiger charge is -2.17. The molecule has 0 aliphatic rings. The van der Waals surface area contributed by atoms with E-state index in [0.717, 1.165) is 63.5 Å². The van der Waals surface area contributed by atoms with Gasteiger partial charge in [0.1, 0.15) is 0 Å². The SMILES string of the molecule is CCCCCC(O)C=CC=C(CCCCC(CCC(=O)O)NCC)CC(O)CO. The van der Waals surface area contributed by atoms with Crippen molar-refractivity contribution in [1.29, 1.82) is 0 Å². The van der Waals surface area contributed by atoms with Crippen molar-refractivity contribution in [2.75, 3.05) is 13.2 Å². The number of hydrogen-bond acceptors (Lipinski definition) is 5. The van der Waals surface area contributed by atoms with E-state index in [1.807, 2.05) is 19.1 Å². The number of carboxylic acids is 1. The van der Waals surface area contributed by atoms with Gasteiger partial charge in [-0.3, -0.25) is 4.79 Å². The number of aliphatic hydroxyl groups is 3. The Morgan fingerprint density at radius 2 is 1.72 bits per heavy atom. The summed E-state index contributed by atoms with van der Waals surface area (Å²) in [6.45, 7) is 4.71. The molecule has 0 spiro atoms. The number of rotatable bonds is 19. The van der Waals surface area contributed by atoms with E-state index in [-0.39, 0.29) is 19.1 Å². The van der Waals surface area contributed by atoms with E-state index in [0.29, 0.717) is 12.8 Å². The van der Waals surface area contributed by atoms with Crippen LogP contribution in [0.1, 0.15) is 84.5 Å². The summed E-state index contributed by atoms with van der Waals surface area (Å²) in [6.07, 6.45) is 13.2. The zero-order chi connectivity index (χ0) is 21.9. The van der Waals surface area contributed by atoms with Crippen LogP contribution < -0.4 is 5.32 Å². The molecule has 170 valence electrons. The van der Waals surface area contributed by atoms with Crippen LogP contribution >= 0.6 is 0 Å². The van der Waals surface area contributed by atoms with Crippen molar-refractivity contribution in [3.05, 3.63) is 23.8 Å². The summed E-state index contributed by atoms with van der Waals surface area (Å²) in [5, 5.41) is 41.1. The van der Waals surface area contributed by atoms with E-state index in [2.05, 4.69) is 12.2 Å². The molecule has 0 aromatic rings. The minimum atomic E-state index is -0.769. The highest BCUT2D eigenvalue weighted by Crippen LogP contribution is 2.17. The average Bonchev–Trinajstić information content (AvgIpc) is 2.68. The van der Waals surface area contributed by atoms with Gasteiger partial charge in [0.2, 0.25) is 0 Å². The van der Waals surface area contributed by atoms with Gasteiger partial charge in [-0.25, -0.2) is 0 Å². The van der Waals surface area contributed by atoms with Crippen LogP contribution in [0.15, 0.2) is 23.8 Å². The number of aliphatic hydroxyl groups excluding tert-OH is 3. The number of hydrogen-bond donors (Lipinski definition) is 5. The summed E-state index contributed by atoms with van der Waals surface area (Å²) < 4.78 is 0. The third-order valence-corrected chi connectivity index (χ3v) is 4.98. The van der Waals surface area contributed by atoms with Crippen molar-refractivity contribution >= 4 is 5.97 Å². The van der Waals surface area contributed by atoms with Crippen molar-refractivity contribution in [3.8, 4) is 0 Å². The van der Waals surface area contributed by atoms with Crippen LogP contribution in [0.5, 0.6) is 0 Å². The zero-order valence-corrected chi connectivity index (χ0v) is 18.4. The largest absolute Gasteiger partial charge is 0.481 e. The first-order valence-corrected chi connectivity index (χ1v) is 11.2. The van der Waals surface area contributed by atoms with E-state index in [1.54, 1.807) is 6.08 Å². The Kier molecular flexibility index (Phi) is 18.0. The summed E-state index contributed by atoms with van der Waals surface area (Å²) in [5.74, 6) is -0.764. The van der Waals surface area contributed by atoms with Crippen LogP contribution in [-0.4, -0.2) is 57.8 Å². The third kappa shape index (κ3) is 17.4. The first kappa shape index (κ1) is 27.8. The minimum Gasteiger partial charge on any atom is -0.481 e. The predicted molar refractivity (Wildman–Crippen MR) is 118 cm³/mol. The van der Waals surface area contributed by atoms with Crippen LogP contribution in [0.25, 0.3) is 0 Å². The van der Waals surface area contributed by atoms with E-state index >= 15 is 0 Å². The molecule has 0 amide bonds. The van der Waals surface area contributed by atoms with Crippen LogP contribution in [0, 0.1) is 0 Å². The number of carboxylic acid groups (broad SMARTS) is 1. The highest BCUT2D eigenvalue weighted by atomic mass is 16.4. The second kappa shape index (κ2) is 18.8. The van der Waals surface area contributed by atoms with Gasteiger partial charge >= 0.3 is 5.97 Å². The van der Waals surface area contributed by atoms with Gasteiger partial charge in [-0.1, -0.05) is 63.3 Å². The monoisotopic (exact) mass is 413 g/mol. The lowest BCUT2D eigenvalue weighted by Crippen LogP contribution is -2.29. The smallest absolute Gasteiger partial charge is 0.303 e. The fourth-order valence-electron chi connectivity index (χ4n) is 3.32. The molecule has 6 nitrogen and oxygen atoms in total. The molecule has 29 heavy (non-hydrogen) atoms. The van der Waals surface area contributed by atoms with Gasteiger partial charge in [0.25, 0.3) is 0 Å². The average molecular weight is 414 g/mol. The molecule has 3 unspecified atom stereocenters. The summed E-state index contributed by atoms with van der Waals surface area (Å²) in [6, 6.07) is 0.213. The number of allylic oxidation sites excluding steroid dienone is 2. The van der Waals surface area contributed by atoms with Gasteiger partial charge < -0.3 is 25.7 Å². The molecule has 0 aromatic carbocycles. The molecule has 0 aromatic heterocycles. The fourth-order valence-corrected chi connectivity index (χ4v) is 3.32. The van der Waals surface area contributed by atoms with E-state index in [9.17, 15) is 15.0 Å². The molecule has 0 saturated carbocycles. The molecule has 0 bridgehead atoms. The van der Waals surface area contributed by atoms with Crippen molar-refractivity contribution < 1.29 is 25.2 Å². The van der Waals surface area contributed by atoms with Crippen LogP contribution in [0.4, 0.5) is 0 Å². The molecular formula is C23H43NO5. The summed E-state index contributed by atoms with van der Waals surface area (Å²) >= 11 is 0. The summed E-state index contributed by atoms with van der Waals surface area (Å²) in [5.41, 5.74) is 1.05. The number of aliphatic carboxylic acids is 1. The maximum absolute atomic E-state index is 10.8. The zero-order valence-electron chi connectivity index (χ0n) is 18.4. The van der Waals surface area contributed by atoms with E-state index in [4.69, 9.17) is 10.2 Å². The highest BCUT2D eigenvalue weighted by molar-refractivity contribution is 5.66. The Morgan fingerprint density at radius 1 is 1.00 bits per heavy atom. The van der Waals surface area contributed by atoms with Crippen molar-refractivity contribution in [3.63, 3.8) is 0 Å². The van der Waals surface area contributed by atoms with E-state index in [1.165, 1.54) is 0 Å². The quantitative estimate of drug-likeness (QED) is 0.164. The maximum atomic E-state index is 10.8. The first-order chi connectivity index (χ1) is 13.9. The molecule has 0 saturated heterocycles. The Balaban J connectivity index is 4.51. The Morgan fingerprint density at radius 3 is 2.34 bits per heavy atom. The number of nitrogens with one attached hydrogen (secondary N) is 1. The topological polar surface area (TPSA) is 110 Å². The summed E-state index contributed by atoms with van der Waals surface area (Å²) in [7, 11) is 0. The molecule has 5 N–H and O–H groups in total. The van der Waals surface area contributed by atoms with Crippen LogP contribution in [0.2, 0.25) is 0 Å². The molecule has 0 aliphatic heterocycles. The number of carbonyl (C=O) groups is 1. The lowest BCUT2D eigenvalue weighted by atomic mass is 9.98. The first-order valence-electron chi connectivity index (χ1n) is 11.2. The van der Waals surface area contributed by atoms with Crippen LogP contribution in [-0.2, 0) is 4.79 Å². The second-order valence-electron chi connectivity index (χ2n) is 7.75. The lowest BCUT2D eigenvalue weighted by molar-refractivity contribution is -0.137. The van der Waals surface area contributed by atoms with Gasteiger partial charge in [-0.05, 0) is 45.1 Å². The highest BCUT2D eigenvalue weighted by Gasteiger charge is 2.11. The summed E-state index contributed by atoms with van der Waals surface area (Å²) in [4.78, 5) is 10.8. The van der Waals surface area contributed by atoms with Gasteiger partial charge in [-0.2, -0.15) is 0 Å². The van der Waals surface area contributed by atoms with Crippen molar-refractivity contribution in [1.82, 2.24) is 5.32 Å². The Bertz CT molecular complexity index is 464. The van der Waals surface area contributed by atoms with Gasteiger partial charge in [-0.15, -0.1) is 0 Å². The molecule has 3 atom stereocenters. The normalized spacial score (nSPS) is 15.6. The second-order valence-corrected chi connectivity index (χ2v) is 7.75. The molecule has 0 heterocycles. The Labute approximate surface area is 176 Å². The van der Waals surface area contributed by atoms with Gasteiger partial charge in [0, 0.05) is 12.5 Å². The molecule has 0 radical (unpaired) electrons. The van der Waals surface area contributed by atoms with E-state index < -0.39 is 18.2 Å². The molecule has 0 aliphatic carbocycles. The maximum Gasteiger partial charge on any atom is 0.303 e. The molecule has 6 heteroatoms. The van der Waals surface area contributed by atoms with Gasteiger partial charge in [0.15, 0.2) is 0 Å². The van der Waals surface area contributed by atoms with Crippen LogP contribution in [0.3, 0.4) is 0 Å². The number of unbranched alkanes of at least 4 members (excludes halogenated alkanes) is 3. The van der Waals surface area contributed by atoms with Crippen molar-refractivity contribution in [2.45, 2.75) is 103 Å². The fraction of sp³-hybridized carbons (Fsp3) is 0.783.